The summed E-state index contributed by atoms with van der Waals surface area (Å²) in [6.07, 6.45) is 0.487. The summed E-state index contributed by atoms with van der Waals surface area (Å²) in [5, 5.41) is 1.24. The van der Waals surface area contributed by atoms with E-state index in [0.29, 0.717) is 6.10 Å². The van der Waals surface area contributed by atoms with Gasteiger partial charge in [0, 0.05) is 13.1 Å². The van der Waals surface area contributed by atoms with Crippen LogP contribution in [-0.2, 0) is 11.3 Å². The molecule has 2 atom stereocenters. The van der Waals surface area contributed by atoms with Gasteiger partial charge in [-0.3, -0.25) is 4.90 Å². The summed E-state index contributed by atoms with van der Waals surface area (Å²) < 4.78 is 5.19. The SMILES string of the molecule is CN(Cc1ccc(P)cc1)CC1CO1. The van der Waals surface area contributed by atoms with E-state index in [1.54, 1.807) is 0 Å². The van der Waals surface area contributed by atoms with E-state index in [2.05, 4.69) is 45.5 Å². The molecule has 76 valence electrons. The maximum atomic E-state index is 5.19. The Kier molecular flexibility index (Phi) is 3.17. The van der Waals surface area contributed by atoms with Gasteiger partial charge in [-0.05, 0) is 17.9 Å². The minimum Gasteiger partial charge on any atom is -0.372 e. The van der Waals surface area contributed by atoms with Crippen LogP contribution in [0, 0.1) is 0 Å². The summed E-state index contributed by atoms with van der Waals surface area (Å²) >= 11 is 0. The highest BCUT2D eigenvalue weighted by Crippen LogP contribution is 2.11. The topological polar surface area (TPSA) is 15.8 Å². The van der Waals surface area contributed by atoms with E-state index in [1.165, 1.54) is 10.9 Å². The lowest BCUT2D eigenvalue weighted by Crippen LogP contribution is -2.22. The van der Waals surface area contributed by atoms with Gasteiger partial charge < -0.3 is 4.74 Å². The maximum absolute atomic E-state index is 5.19. The number of epoxide rings is 1. The lowest BCUT2D eigenvalue weighted by Gasteiger charge is -2.15. The first-order valence-corrected chi connectivity index (χ1v) is 5.46. The van der Waals surface area contributed by atoms with Gasteiger partial charge in [0.15, 0.2) is 0 Å². The van der Waals surface area contributed by atoms with Crippen molar-refractivity contribution in [1.29, 1.82) is 0 Å². The first-order chi connectivity index (χ1) is 6.74. The van der Waals surface area contributed by atoms with Gasteiger partial charge in [-0.25, -0.2) is 0 Å². The Morgan fingerprint density at radius 2 is 2.07 bits per heavy atom. The fraction of sp³-hybridized carbons (Fsp3) is 0.455. The van der Waals surface area contributed by atoms with E-state index < -0.39 is 0 Å². The second kappa shape index (κ2) is 4.39. The Morgan fingerprint density at radius 1 is 1.43 bits per heavy atom. The minimum atomic E-state index is 0.487. The van der Waals surface area contributed by atoms with Gasteiger partial charge in [0.25, 0.3) is 0 Å². The molecule has 0 spiro atoms. The highest BCUT2D eigenvalue weighted by molar-refractivity contribution is 7.27. The number of likely N-dealkylation sites (N-methyl/N-ethyl adjacent to an activating group) is 1. The molecular formula is C11H16NOP. The smallest absolute Gasteiger partial charge is 0.0936 e. The van der Waals surface area contributed by atoms with Crippen molar-refractivity contribution < 1.29 is 4.74 Å². The van der Waals surface area contributed by atoms with Crippen LogP contribution in [0.4, 0.5) is 0 Å². The fourth-order valence-corrected chi connectivity index (χ4v) is 1.71. The fourth-order valence-electron chi connectivity index (χ4n) is 1.52. The summed E-state index contributed by atoms with van der Waals surface area (Å²) in [6.45, 7) is 2.99. The predicted octanol–water partition coefficient (Wildman–Crippen LogP) is 1.02. The molecule has 14 heavy (non-hydrogen) atoms. The van der Waals surface area contributed by atoms with Gasteiger partial charge >= 0.3 is 0 Å². The summed E-state index contributed by atoms with van der Waals surface area (Å²) in [5.41, 5.74) is 1.36. The molecule has 1 fully saturated rings. The molecule has 0 N–H and O–H groups in total. The van der Waals surface area contributed by atoms with E-state index in [9.17, 15) is 0 Å². The normalized spacial score (nSPS) is 20.1. The van der Waals surface area contributed by atoms with Crippen molar-refractivity contribution in [3.63, 3.8) is 0 Å². The van der Waals surface area contributed by atoms with Gasteiger partial charge in [-0.15, -0.1) is 9.24 Å². The van der Waals surface area contributed by atoms with Crippen molar-refractivity contribution in [3.8, 4) is 0 Å². The second-order valence-electron chi connectivity index (χ2n) is 3.89. The largest absolute Gasteiger partial charge is 0.372 e. The molecule has 1 aromatic rings. The lowest BCUT2D eigenvalue weighted by molar-refractivity contribution is 0.278. The van der Waals surface area contributed by atoms with Crippen LogP contribution < -0.4 is 5.30 Å². The van der Waals surface area contributed by atoms with E-state index >= 15 is 0 Å². The van der Waals surface area contributed by atoms with Crippen LogP contribution in [0.25, 0.3) is 0 Å². The summed E-state index contributed by atoms with van der Waals surface area (Å²) in [6, 6.07) is 8.60. The highest BCUT2D eigenvalue weighted by atomic mass is 31.0. The van der Waals surface area contributed by atoms with E-state index in [1.807, 2.05) is 0 Å². The van der Waals surface area contributed by atoms with Crippen LogP contribution in [0.15, 0.2) is 24.3 Å². The third-order valence-electron chi connectivity index (χ3n) is 2.35. The van der Waals surface area contributed by atoms with Crippen LogP contribution >= 0.6 is 9.24 Å². The van der Waals surface area contributed by atoms with Crippen molar-refractivity contribution >= 4 is 14.5 Å². The number of benzene rings is 1. The molecule has 1 aliphatic heterocycles. The molecule has 0 saturated carbocycles. The molecular weight excluding hydrogens is 193 g/mol. The quantitative estimate of drug-likeness (QED) is 0.543. The van der Waals surface area contributed by atoms with Crippen molar-refractivity contribution in [1.82, 2.24) is 4.90 Å². The second-order valence-corrected chi connectivity index (χ2v) is 4.56. The third kappa shape index (κ3) is 3.06. The molecule has 2 rings (SSSR count). The van der Waals surface area contributed by atoms with Gasteiger partial charge in [0.2, 0.25) is 0 Å². The van der Waals surface area contributed by atoms with Crippen molar-refractivity contribution in [2.24, 2.45) is 0 Å². The van der Waals surface area contributed by atoms with E-state index in [4.69, 9.17) is 4.74 Å². The molecule has 0 amide bonds. The standard InChI is InChI=1S/C11H16NOP/c1-12(7-10-8-13-10)6-9-2-4-11(14)5-3-9/h2-5,10H,6-8,14H2,1H3. The molecule has 2 nitrogen and oxygen atoms in total. The van der Waals surface area contributed by atoms with E-state index in [0.717, 1.165) is 19.7 Å². The van der Waals surface area contributed by atoms with Crippen LogP contribution in [0.3, 0.4) is 0 Å². The average Bonchev–Trinajstić information content (AvgIpc) is 2.93. The van der Waals surface area contributed by atoms with E-state index in [-0.39, 0.29) is 0 Å². The molecule has 1 aromatic carbocycles. The molecule has 1 saturated heterocycles. The maximum Gasteiger partial charge on any atom is 0.0936 e. The molecule has 0 bridgehead atoms. The van der Waals surface area contributed by atoms with Crippen molar-refractivity contribution in [2.75, 3.05) is 20.2 Å². The number of nitrogens with zero attached hydrogens (tertiary/aromatic N) is 1. The van der Waals surface area contributed by atoms with Crippen molar-refractivity contribution in [2.45, 2.75) is 12.6 Å². The average molecular weight is 209 g/mol. The monoisotopic (exact) mass is 209 g/mol. The predicted molar refractivity (Wildman–Crippen MR) is 61.9 cm³/mol. The Bertz CT molecular complexity index is 295. The summed E-state index contributed by atoms with van der Waals surface area (Å²) in [5.74, 6) is 0. The molecule has 3 heteroatoms. The number of ether oxygens (including phenoxy) is 1. The minimum absolute atomic E-state index is 0.487. The zero-order valence-electron chi connectivity index (χ0n) is 8.44. The molecule has 0 aromatic heterocycles. The summed E-state index contributed by atoms with van der Waals surface area (Å²) in [7, 11) is 4.83. The number of rotatable bonds is 4. The molecule has 1 heterocycles. The van der Waals surface area contributed by atoms with Gasteiger partial charge in [-0.2, -0.15) is 0 Å². The van der Waals surface area contributed by atoms with Crippen molar-refractivity contribution in [3.05, 3.63) is 29.8 Å². The molecule has 0 aliphatic carbocycles. The summed E-state index contributed by atoms with van der Waals surface area (Å²) in [4.78, 5) is 2.30. The Hall–Kier alpha value is -0.430. The zero-order chi connectivity index (χ0) is 9.97. The first-order valence-electron chi connectivity index (χ1n) is 4.88. The van der Waals surface area contributed by atoms with Gasteiger partial charge in [0.1, 0.15) is 0 Å². The van der Waals surface area contributed by atoms with Crippen LogP contribution in [0.1, 0.15) is 5.56 Å². The Morgan fingerprint density at radius 3 is 2.64 bits per heavy atom. The first kappa shape index (κ1) is 10.1. The number of hydrogen-bond donors (Lipinski definition) is 0. The van der Waals surface area contributed by atoms with Gasteiger partial charge in [0.05, 0.1) is 12.7 Å². The number of hydrogen-bond acceptors (Lipinski definition) is 2. The Labute approximate surface area is 87.5 Å². The third-order valence-corrected chi connectivity index (χ3v) is 2.73. The Balaban J connectivity index is 1.85. The highest BCUT2D eigenvalue weighted by Gasteiger charge is 2.23. The molecule has 2 unspecified atom stereocenters. The molecule has 0 radical (unpaired) electrons. The lowest BCUT2D eigenvalue weighted by atomic mass is 10.2. The van der Waals surface area contributed by atoms with Crippen LogP contribution in [-0.4, -0.2) is 31.2 Å². The van der Waals surface area contributed by atoms with Crippen LogP contribution in [0.2, 0.25) is 0 Å². The van der Waals surface area contributed by atoms with Gasteiger partial charge in [-0.1, -0.05) is 24.3 Å². The molecule has 1 aliphatic rings. The zero-order valence-corrected chi connectivity index (χ0v) is 9.60. The van der Waals surface area contributed by atoms with Crippen LogP contribution in [0.5, 0.6) is 0 Å².